The number of hydrogen-bond acceptors (Lipinski definition) is 4. The molecule has 6 rings (SSSR count). The molecular formula is C28H33N3O4. The molecule has 3 N–H and O–H groups in total. The van der Waals surface area contributed by atoms with Crippen LogP contribution in [0.15, 0.2) is 54.6 Å². The van der Waals surface area contributed by atoms with E-state index in [2.05, 4.69) is 28.3 Å². The molecule has 0 heterocycles. The van der Waals surface area contributed by atoms with E-state index in [4.69, 9.17) is 4.74 Å². The van der Waals surface area contributed by atoms with Crippen molar-refractivity contribution < 1.29 is 19.1 Å². The van der Waals surface area contributed by atoms with E-state index in [9.17, 15) is 14.4 Å². The van der Waals surface area contributed by atoms with Gasteiger partial charge in [0.05, 0.1) is 5.41 Å². The molecule has 0 aromatic heterocycles. The predicted molar refractivity (Wildman–Crippen MR) is 131 cm³/mol. The van der Waals surface area contributed by atoms with Crippen molar-refractivity contribution in [1.29, 1.82) is 0 Å². The Balaban J connectivity index is 1.17. The number of carbonyl (C=O) groups is 3. The van der Waals surface area contributed by atoms with Gasteiger partial charge in [-0.1, -0.05) is 48.5 Å². The SMILES string of the molecule is CC(=O)NC12CC3CC(C1)CC(C(=O)NNC(=O)COc1ccccc1Cc1ccccc1)(C3)C2. The lowest BCUT2D eigenvalue weighted by Crippen LogP contribution is -2.66. The van der Waals surface area contributed by atoms with E-state index in [0.717, 1.165) is 43.2 Å². The van der Waals surface area contributed by atoms with Gasteiger partial charge in [0.25, 0.3) is 5.91 Å². The highest BCUT2D eigenvalue weighted by molar-refractivity contribution is 5.87. The third kappa shape index (κ3) is 5.04. The molecule has 184 valence electrons. The Morgan fingerprint density at radius 1 is 0.914 bits per heavy atom. The molecule has 2 aromatic rings. The average molecular weight is 476 g/mol. The van der Waals surface area contributed by atoms with Crippen LogP contribution in [0.5, 0.6) is 5.75 Å². The molecule has 4 aliphatic carbocycles. The monoisotopic (exact) mass is 475 g/mol. The second kappa shape index (κ2) is 9.36. The summed E-state index contributed by atoms with van der Waals surface area (Å²) in [5.41, 5.74) is 6.54. The zero-order valence-corrected chi connectivity index (χ0v) is 20.1. The van der Waals surface area contributed by atoms with Crippen molar-refractivity contribution >= 4 is 17.7 Å². The lowest BCUT2D eigenvalue weighted by atomic mass is 9.46. The number of amides is 3. The van der Waals surface area contributed by atoms with Crippen LogP contribution in [0, 0.1) is 17.3 Å². The molecule has 0 radical (unpaired) electrons. The van der Waals surface area contributed by atoms with Crippen molar-refractivity contribution in [2.45, 2.75) is 57.4 Å². The first-order chi connectivity index (χ1) is 16.8. The third-order valence-corrected chi connectivity index (χ3v) is 7.87. The van der Waals surface area contributed by atoms with Crippen LogP contribution >= 0.6 is 0 Å². The Labute approximate surface area is 206 Å². The van der Waals surface area contributed by atoms with E-state index in [1.165, 1.54) is 0 Å². The Bertz CT molecular complexity index is 1100. The summed E-state index contributed by atoms with van der Waals surface area (Å²) in [5, 5.41) is 3.17. The van der Waals surface area contributed by atoms with Gasteiger partial charge in [0.2, 0.25) is 11.8 Å². The summed E-state index contributed by atoms with van der Waals surface area (Å²) in [6, 6.07) is 17.7. The predicted octanol–water partition coefficient (Wildman–Crippen LogP) is 3.28. The summed E-state index contributed by atoms with van der Waals surface area (Å²) >= 11 is 0. The minimum atomic E-state index is -0.539. The fourth-order valence-corrected chi connectivity index (χ4v) is 7.09. The largest absolute Gasteiger partial charge is 0.483 e. The van der Waals surface area contributed by atoms with E-state index in [1.807, 2.05) is 42.5 Å². The first kappa shape index (κ1) is 23.4. The Morgan fingerprint density at radius 2 is 1.60 bits per heavy atom. The number of rotatable bonds is 7. The van der Waals surface area contributed by atoms with Gasteiger partial charge in [-0.05, 0) is 67.6 Å². The highest BCUT2D eigenvalue weighted by Gasteiger charge is 2.61. The van der Waals surface area contributed by atoms with Crippen molar-refractivity contribution in [3.8, 4) is 5.75 Å². The molecule has 4 saturated carbocycles. The van der Waals surface area contributed by atoms with Crippen molar-refractivity contribution in [3.63, 3.8) is 0 Å². The lowest BCUT2D eigenvalue weighted by Gasteiger charge is -2.61. The third-order valence-electron chi connectivity index (χ3n) is 7.87. The normalized spacial score (nSPS) is 28.3. The second-order valence-corrected chi connectivity index (χ2v) is 10.8. The van der Waals surface area contributed by atoms with Crippen LogP contribution in [0.3, 0.4) is 0 Å². The standard InChI is InChI=1S/C28H33N3O4/c1-19(32)29-28-15-21-11-22(16-28)14-27(13-21,18-28)26(34)31-30-25(33)17-35-24-10-6-5-9-23(24)12-20-7-3-2-4-8-20/h2-10,21-22H,11-18H2,1H3,(H,29,32)(H,30,33)(H,31,34). The highest BCUT2D eigenvalue weighted by atomic mass is 16.5. The molecule has 3 amide bonds. The van der Waals surface area contributed by atoms with E-state index < -0.39 is 11.3 Å². The van der Waals surface area contributed by atoms with Gasteiger partial charge >= 0.3 is 0 Å². The maximum absolute atomic E-state index is 13.3. The van der Waals surface area contributed by atoms with Crippen molar-refractivity contribution in [3.05, 3.63) is 65.7 Å². The molecule has 2 unspecified atom stereocenters. The van der Waals surface area contributed by atoms with E-state index in [1.54, 1.807) is 6.92 Å². The van der Waals surface area contributed by atoms with Gasteiger partial charge in [-0.3, -0.25) is 25.2 Å². The number of para-hydroxylation sites is 1. The maximum Gasteiger partial charge on any atom is 0.276 e. The maximum atomic E-state index is 13.3. The van der Waals surface area contributed by atoms with Gasteiger partial charge in [0.1, 0.15) is 5.75 Å². The molecular weight excluding hydrogens is 442 g/mol. The van der Waals surface area contributed by atoms with Gasteiger partial charge in [0.15, 0.2) is 6.61 Å². The molecule has 35 heavy (non-hydrogen) atoms. The van der Waals surface area contributed by atoms with Crippen LogP contribution in [0.1, 0.15) is 56.6 Å². The molecule has 7 heteroatoms. The smallest absolute Gasteiger partial charge is 0.276 e. The van der Waals surface area contributed by atoms with Gasteiger partial charge < -0.3 is 10.1 Å². The van der Waals surface area contributed by atoms with Crippen LogP contribution < -0.4 is 20.9 Å². The summed E-state index contributed by atoms with van der Waals surface area (Å²) in [5.74, 6) is 0.924. The summed E-state index contributed by atoms with van der Waals surface area (Å²) < 4.78 is 5.80. The summed E-state index contributed by atoms with van der Waals surface area (Å²) in [6.07, 6.45) is 5.99. The molecule has 4 fully saturated rings. The quantitative estimate of drug-likeness (QED) is 0.536. The zero-order chi connectivity index (χ0) is 24.5. The van der Waals surface area contributed by atoms with Crippen LogP contribution in [0.25, 0.3) is 0 Å². The van der Waals surface area contributed by atoms with Crippen LogP contribution in [0.4, 0.5) is 0 Å². The zero-order valence-electron chi connectivity index (χ0n) is 20.1. The van der Waals surface area contributed by atoms with Gasteiger partial charge in [-0.15, -0.1) is 0 Å². The minimum Gasteiger partial charge on any atom is -0.483 e. The van der Waals surface area contributed by atoms with E-state index in [-0.39, 0.29) is 24.0 Å². The fraction of sp³-hybridized carbons (Fsp3) is 0.464. The molecule has 2 aromatic carbocycles. The number of hydrogen-bond donors (Lipinski definition) is 3. The Kier molecular flexibility index (Phi) is 6.26. The molecule has 0 saturated heterocycles. The lowest BCUT2D eigenvalue weighted by molar-refractivity contribution is -0.155. The van der Waals surface area contributed by atoms with Gasteiger partial charge in [-0.25, -0.2) is 0 Å². The summed E-state index contributed by atoms with van der Waals surface area (Å²) in [4.78, 5) is 37.6. The number of ether oxygens (including phenoxy) is 1. The van der Waals surface area contributed by atoms with E-state index in [0.29, 0.717) is 30.4 Å². The number of benzene rings is 2. The second-order valence-electron chi connectivity index (χ2n) is 10.8. The average Bonchev–Trinajstić information content (AvgIpc) is 2.81. The van der Waals surface area contributed by atoms with Gasteiger partial charge in [0, 0.05) is 18.9 Å². The van der Waals surface area contributed by atoms with Crippen LogP contribution in [0.2, 0.25) is 0 Å². The number of carbonyl (C=O) groups excluding carboxylic acids is 3. The first-order valence-corrected chi connectivity index (χ1v) is 12.5. The fourth-order valence-electron chi connectivity index (χ4n) is 7.09. The molecule has 4 bridgehead atoms. The molecule has 2 atom stereocenters. The van der Waals surface area contributed by atoms with Gasteiger partial charge in [-0.2, -0.15) is 0 Å². The Hall–Kier alpha value is -3.35. The minimum absolute atomic E-state index is 0.0412. The molecule has 0 aliphatic heterocycles. The Morgan fingerprint density at radius 3 is 2.31 bits per heavy atom. The molecule has 4 aliphatic rings. The van der Waals surface area contributed by atoms with E-state index >= 15 is 0 Å². The van der Waals surface area contributed by atoms with Crippen LogP contribution in [-0.2, 0) is 20.8 Å². The summed E-state index contributed by atoms with van der Waals surface area (Å²) in [6.45, 7) is 1.35. The van der Waals surface area contributed by atoms with Crippen LogP contribution in [-0.4, -0.2) is 29.9 Å². The summed E-state index contributed by atoms with van der Waals surface area (Å²) in [7, 11) is 0. The van der Waals surface area contributed by atoms with Crippen molar-refractivity contribution in [1.82, 2.24) is 16.2 Å². The number of hydrazine groups is 1. The van der Waals surface area contributed by atoms with Crippen molar-refractivity contribution in [2.75, 3.05) is 6.61 Å². The number of nitrogens with one attached hydrogen (secondary N) is 3. The molecule has 0 spiro atoms. The first-order valence-electron chi connectivity index (χ1n) is 12.5. The molecule has 7 nitrogen and oxygen atoms in total. The topological polar surface area (TPSA) is 96.5 Å². The highest BCUT2D eigenvalue weighted by Crippen LogP contribution is 2.61. The van der Waals surface area contributed by atoms with Crippen molar-refractivity contribution in [2.24, 2.45) is 17.3 Å².